The zero-order chi connectivity index (χ0) is 31.4. The normalized spacial score (nSPS) is 22.6. The first-order valence-electron chi connectivity index (χ1n) is 14.9. The van der Waals surface area contributed by atoms with Crippen molar-refractivity contribution in [3.63, 3.8) is 0 Å². The fourth-order valence-corrected chi connectivity index (χ4v) is 7.85. The zero-order valence-corrected chi connectivity index (χ0v) is 26.3. The van der Waals surface area contributed by atoms with E-state index in [-0.39, 0.29) is 47.1 Å². The molecule has 2 saturated carbocycles. The molecule has 10 heteroatoms. The van der Waals surface area contributed by atoms with Gasteiger partial charge in [0.1, 0.15) is 5.82 Å². The quantitative estimate of drug-likeness (QED) is 0.0830. The van der Waals surface area contributed by atoms with Crippen LogP contribution in [-0.2, 0) is 14.3 Å². The van der Waals surface area contributed by atoms with Crippen molar-refractivity contribution in [3.05, 3.63) is 94.2 Å². The summed E-state index contributed by atoms with van der Waals surface area (Å²) in [4.78, 5) is 59.6. The molecule has 2 bridgehead atoms. The number of halogens is 3. The summed E-state index contributed by atoms with van der Waals surface area (Å²) in [6.07, 6.45) is 1.89. The van der Waals surface area contributed by atoms with Crippen molar-refractivity contribution in [2.24, 2.45) is 23.7 Å². The van der Waals surface area contributed by atoms with Crippen LogP contribution < -0.4 is 4.90 Å². The number of rotatable bonds is 8. The summed E-state index contributed by atoms with van der Waals surface area (Å²) in [7, 11) is 0. The number of alkyl halides is 1. The Morgan fingerprint density at radius 2 is 1.62 bits per heavy atom. The predicted molar refractivity (Wildman–Crippen MR) is 170 cm³/mol. The molecular weight excluding hydrogens is 663 g/mol. The number of esters is 1. The molecule has 7 nitrogen and oxygen atoms in total. The average Bonchev–Trinajstić information content (AvgIpc) is 3.73. The lowest BCUT2D eigenvalue weighted by atomic mass is 9.81. The van der Waals surface area contributed by atoms with Gasteiger partial charge >= 0.3 is 5.97 Å². The van der Waals surface area contributed by atoms with Crippen LogP contribution in [0.3, 0.4) is 0 Å². The molecule has 1 aliphatic heterocycles. The molecule has 3 fully saturated rings. The van der Waals surface area contributed by atoms with Gasteiger partial charge in [-0.15, -0.1) is 11.6 Å². The monoisotopic (exact) mass is 688 g/mol. The maximum atomic E-state index is 13.7. The second-order valence-corrected chi connectivity index (χ2v) is 13.2. The third-order valence-corrected chi connectivity index (χ3v) is 10.1. The van der Waals surface area contributed by atoms with Crippen LogP contribution >= 0.6 is 27.5 Å². The minimum Gasteiger partial charge on any atom is -0.450 e. The summed E-state index contributed by atoms with van der Waals surface area (Å²) < 4.78 is 19.9. The Kier molecular flexibility index (Phi) is 7.78. The van der Waals surface area contributed by atoms with Crippen molar-refractivity contribution in [2.45, 2.75) is 31.8 Å². The van der Waals surface area contributed by atoms with Gasteiger partial charge < -0.3 is 4.74 Å². The highest BCUT2D eigenvalue weighted by Crippen LogP contribution is 2.56. The Hall–Kier alpha value is -3.95. The van der Waals surface area contributed by atoms with Gasteiger partial charge in [0.25, 0.3) is 0 Å². The Balaban J connectivity index is 1.19. The van der Waals surface area contributed by atoms with Gasteiger partial charge in [0.15, 0.2) is 6.10 Å². The van der Waals surface area contributed by atoms with E-state index in [0.29, 0.717) is 39.7 Å². The number of ether oxygens (including phenoxy) is 1. The molecule has 0 N–H and O–H groups in total. The summed E-state index contributed by atoms with van der Waals surface area (Å²) in [5.74, 6) is -1.66. The van der Waals surface area contributed by atoms with Gasteiger partial charge in [0, 0.05) is 33.3 Å². The number of carbonyl (C=O) groups excluding carboxylic acids is 4. The molecular formula is C35H27BrClFN2O5. The number of aromatic nitrogens is 1. The Bertz CT molecular complexity index is 1840. The van der Waals surface area contributed by atoms with Crippen LogP contribution in [0, 0.1) is 29.5 Å². The van der Waals surface area contributed by atoms with Gasteiger partial charge in [-0.2, -0.15) is 0 Å². The largest absolute Gasteiger partial charge is 0.450 e. The third-order valence-electron chi connectivity index (χ3n) is 9.38. The molecule has 0 radical (unpaired) electrons. The molecule has 3 aromatic carbocycles. The molecule has 2 aliphatic carbocycles. The van der Waals surface area contributed by atoms with Crippen molar-refractivity contribution in [1.29, 1.82) is 0 Å². The van der Waals surface area contributed by atoms with Crippen LogP contribution in [0.5, 0.6) is 0 Å². The summed E-state index contributed by atoms with van der Waals surface area (Å²) >= 11 is 9.41. The smallest absolute Gasteiger partial charge is 0.339 e. The van der Waals surface area contributed by atoms with Crippen molar-refractivity contribution in [3.8, 4) is 11.3 Å². The number of imide groups is 1. The summed E-state index contributed by atoms with van der Waals surface area (Å²) in [6.45, 7) is 0. The molecule has 0 unspecified atom stereocenters. The SMILES string of the molecule is O=C(O[C@@H](CCCl)C(=O)c1ccc(F)cc1)c1cc(-c2ccc(N3C(=O)[C@@H]4[C@@H]5CC[C@@H](C5)[C@@H]4C3=O)cc2)nc2ccc(Br)cc12. The third kappa shape index (κ3) is 5.25. The van der Waals surface area contributed by atoms with E-state index in [2.05, 4.69) is 15.9 Å². The second-order valence-electron chi connectivity index (χ2n) is 11.9. The maximum Gasteiger partial charge on any atom is 0.339 e. The van der Waals surface area contributed by atoms with Crippen LogP contribution in [0.1, 0.15) is 46.4 Å². The Morgan fingerprint density at radius 1 is 0.956 bits per heavy atom. The first kappa shape index (κ1) is 29.7. The van der Waals surface area contributed by atoms with Gasteiger partial charge in [-0.25, -0.2) is 14.2 Å². The number of Topliss-reactive ketones (excluding diaryl/α,β-unsaturated/α-hetero) is 1. The molecule has 1 aromatic heterocycles. The number of carbonyl (C=O) groups is 4. The molecule has 5 atom stereocenters. The Morgan fingerprint density at radius 3 is 2.27 bits per heavy atom. The lowest BCUT2D eigenvalue weighted by molar-refractivity contribution is -0.123. The van der Waals surface area contributed by atoms with E-state index in [1.807, 2.05) is 0 Å². The van der Waals surface area contributed by atoms with Gasteiger partial charge in [-0.05, 0) is 91.8 Å². The van der Waals surface area contributed by atoms with E-state index < -0.39 is 23.7 Å². The van der Waals surface area contributed by atoms with Crippen LogP contribution in [0.4, 0.5) is 10.1 Å². The zero-order valence-electron chi connectivity index (χ0n) is 23.9. The number of ketones is 1. The number of pyridine rings is 1. The lowest BCUT2D eigenvalue weighted by Gasteiger charge is -2.19. The van der Waals surface area contributed by atoms with Crippen molar-refractivity contribution in [1.82, 2.24) is 4.98 Å². The molecule has 2 amide bonds. The highest BCUT2D eigenvalue weighted by Gasteiger charge is 2.61. The van der Waals surface area contributed by atoms with Crippen LogP contribution in [0.2, 0.25) is 0 Å². The summed E-state index contributed by atoms with van der Waals surface area (Å²) in [6, 6.07) is 19.0. The first-order chi connectivity index (χ1) is 21.7. The van der Waals surface area contributed by atoms with Crippen molar-refractivity contribution in [2.75, 3.05) is 10.8 Å². The molecule has 7 rings (SSSR count). The first-order valence-corrected chi connectivity index (χ1v) is 16.2. The van der Waals surface area contributed by atoms with Crippen molar-refractivity contribution >= 4 is 67.7 Å². The fourth-order valence-electron chi connectivity index (χ4n) is 7.29. The van der Waals surface area contributed by atoms with E-state index in [9.17, 15) is 23.6 Å². The fraction of sp³-hybridized carbons (Fsp3) is 0.286. The van der Waals surface area contributed by atoms with Gasteiger partial charge in [0.05, 0.1) is 34.3 Å². The van der Waals surface area contributed by atoms with Gasteiger partial charge in [-0.3, -0.25) is 19.3 Å². The number of anilines is 1. The van der Waals surface area contributed by atoms with E-state index in [1.54, 1.807) is 48.5 Å². The van der Waals surface area contributed by atoms with Gasteiger partial charge in [-0.1, -0.05) is 28.1 Å². The van der Waals surface area contributed by atoms with Crippen molar-refractivity contribution < 1.29 is 28.3 Å². The number of benzene rings is 3. The van der Waals surface area contributed by atoms with Crippen LogP contribution in [-0.4, -0.2) is 40.5 Å². The molecule has 4 aromatic rings. The average molecular weight is 690 g/mol. The number of fused-ring (bicyclic) bond motifs is 6. The molecule has 2 heterocycles. The van der Waals surface area contributed by atoms with E-state index in [1.165, 1.54) is 29.2 Å². The predicted octanol–water partition coefficient (Wildman–Crippen LogP) is 7.38. The number of hydrogen-bond acceptors (Lipinski definition) is 6. The second kappa shape index (κ2) is 11.8. The van der Waals surface area contributed by atoms with Crippen LogP contribution in [0.25, 0.3) is 22.2 Å². The number of hydrogen-bond donors (Lipinski definition) is 0. The number of nitrogens with zero attached hydrogens (tertiary/aromatic N) is 2. The summed E-state index contributed by atoms with van der Waals surface area (Å²) in [5, 5.41) is 0.517. The lowest BCUT2D eigenvalue weighted by Crippen LogP contribution is -2.32. The van der Waals surface area contributed by atoms with Gasteiger partial charge in [0.2, 0.25) is 17.6 Å². The topological polar surface area (TPSA) is 93.6 Å². The highest BCUT2D eigenvalue weighted by atomic mass is 79.9. The standard InChI is InChI=1S/C35H27BrClFN2O5/c36-22-7-12-27-25(16-22)26(35(44)45-29(13-14-37)32(41)19-3-8-23(38)9-4-19)17-28(39-27)18-5-10-24(11-6-18)40-33(42)30-20-1-2-21(15-20)31(30)34(40)43/h3-12,16-17,20-21,29-31H,1-2,13-15H2/t20-,21+,29-,30-,31+/m0/s1. The van der Waals surface area contributed by atoms with E-state index in [0.717, 1.165) is 23.7 Å². The Labute approximate surface area is 271 Å². The minimum atomic E-state index is -1.18. The van der Waals surface area contributed by atoms with E-state index >= 15 is 0 Å². The van der Waals surface area contributed by atoms with Crippen LogP contribution in [0.15, 0.2) is 77.3 Å². The molecule has 45 heavy (non-hydrogen) atoms. The highest BCUT2D eigenvalue weighted by molar-refractivity contribution is 9.10. The maximum absolute atomic E-state index is 13.7. The number of amides is 2. The molecule has 228 valence electrons. The molecule has 0 spiro atoms. The molecule has 1 saturated heterocycles. The minimum absolute atomic E-state index is 0.0654. The molecule has 3 aliphatic rings. The summed E-state index contributed by atoms with van der Waals surface area (Å²) in [5.41, 5.74) is 2.58. The van der Waals surface area contributed by atoms with E-state index in [4.69, 9.17) is 21.3 Å².